The van der Waals surface area contributed by atoms with Gasteiger partial charge in [-0.3, -0.25) is 9.69 Å². The summed E-state index contributed by atoms with van der Waals surface area (Å²) in [5.74, 6) is 0.493. The number of fused-ring (bicyclic) bond motifs is 1. The number of aromatic amines is 1. The normalized spacial score (nSPS) is 14.7. The van der Waals surface area contributed by atoms with Crippen LogP contribution < -0.4 is 10.6 Å². The number of hydrogen-bond acceptors (Lipinski definition) is 6. The van der Waals surface area contributed by atoms with Gasteiger partial charge in [-0.05, 0) is 5.16 Å². The largest absolute Gasteiger partial charge is 0.384 e. The third-order valence-electron chi connectivity index (χ3n) is 2.15. The van der Waals surface area contributed by atoms with E-state index in [4.69, 9.17) is 5.73 Å². The van der Waals surface area contributed by atoms with Gasteiger partial charge in [-0.25, -0.2) is 9.61 Å². The van der Waals surface area contributed by atoms with Crippen molar-refractivity contribution in [3.05, 3.63) is 17.6 Å². The summed E-state index contributed by atoms with van der Waals surface area (Å²) in [4.78, 5) is 19.8. The predicted octanol–water partition coefficient (Wildman–Crippen LogP) is -0.465. The summed E-state index contributed by atoms with van der Waals surface area (Å²) in [6.45, 7) is 0.296. The lowest BCUT2D eigenvalue weighted by Gasteiger charge is -2.10. The zero-order chi connectivity index (χ0) is 10.4. The van der Waals surface area contributed by atoms with Gasteiger partial charge in [0.1, 0.15) is 11.5 Å². The Balaban J connectivity index is 1.99. The molecule has 1 amide bonds. The number of amides is 1. The molecule has 76 valence electrons. The number of carbonyl (C=O) groups excluding carboxylic acids is 1. The van der Waals surface area contributed by atoms with E-state index in [0.29, 0.717) is 24.0 Å². The molecule has 0 atom stereocenters. The number of aromatic nitrogens is 4. The first kappa shape index (κ1) is 7.97. The molecule has 15 heavy (non-hydrogen) atoms. The monoisotopic (exact) mass is 206 g/mol. The fourth-order valence-corrected chi connectivity index (χ4v) is 1.45. The van der Waals surface area contributed by atoms with Crippen LogP contribution in [0, 0.1) is 0 Å². The second kappa shape index (κ2) is 2.56. The van der Waals surface area contributed by atoms with Gasteiger partial charge in [0.05, 0.1) is 12.7 Å². The standard InChI is InChI=1S/C7H6N6O2/c8-4-1-9-7(10-4)13-2-3-5(6(13)14)12-15-11-3/h1H,2,8H2,(H,9,10). The highest BCUT2D eigenvalue weighted by Gasteiger charge is 2.35. The van der Waals surface area contributed by atoms with Crippen molar-refractivity contribution in [1.82, 2.24) is 20.3 Å². The minimum atomic E-state index is -0.291. The number of H-pyrrole nitrogens is 1. The average Bonchev–Trinajstić information content (AvgIpc) is 2.84. The Hall–Kier alpha value is -2.38. The minimum Gasteiger partial charge on any atom is -0.384 e. The van der Waals surface area contributed by atoms with Crippen molar-refractivity contribution in [2.24, 2.45) is 0 Å². The van der Waals surface area contributed by atoms with E-state index in [1.54, 1.807) is 0 Å². The van der Waals surface area contributed by atoms with Gasteiger partial charge in [0, 0.05) is 0 Å². The summed E-state index contributed by atoms with van der Waals surface area (Å²) >= 11 is 0. The van der Waals surface area contributed by atoms with Crippen LogP contribution >= 0.6 is 0 Å². The number of imidazole rings is 1. The van der Waals surface area contributed by atoms with E-state index in [1.165, 1.54) is 11.1 Å². The lowest BCUT2D eigenvalue weighted by atomic mass is 10.4. The van der Waals surface area contributed by atoms with Crippen LogP contribution in [0.4, 0.5) is 11.8 Å². The van der Waals surface area contributed by atoms with E-state index in [9.17, 15) is 4.79 Å². The Morgan fingerprint density at radius 2 is 2.40 bits per heavy atom. The number of nitrogens with zero attached hydrogens (tertiary/aromatic N) is 4. The van der Waals surface area contributed by atoms with Gasteiger partial charge < -0.3 is 10.7 Å². The molecule has 3 rings (SSSR count). The van der Waals surface area contributed by atoms with Crippen LogP contribution in [-0.2, 0) is 6.54 Å². The Labute approximate surface area is 83.0 Å². The lowest BCUT2D eigenvalue weighted by molar-refractivity contribution is 0.0983. The summed E-state index contributed by atoms with van der Waals surface area (Å²) in [6.07, 6.45) is 1.44. The molecule has 0 aliphatic carbocycles. The molecule has 0 aromatic carbocycles. The van der Waals surface area contributed by atoms with Crippen molar-refractivity contribution in [2.45, 2.75) is 6.54 Å². The van der Waals surface area contributed by atoms with Crippen molar-refractivity contribution in [3.8, 4) is 0 Å². The Bertz CT molecular complexity index is 529. The smallest absolute Gasteiger partial charge is 0.285 e. The molecule has 3 heterocycles. The van der Waals surface area contributed by atoms with Crippen molar-refractivity contribution < 1.29 is 9.42 Å². The third kappa shape index (κ3) is 1.01. The molecule has 1 aliphatic rings. The predicted molar refractivity (Wildman–Crippen MR) is 47.8 cm³/mol. The molecular weight excluding hydrogens is 200 g/mol. The molecule has 0 unspecified atom stereocenters. The van der Waals surface area contributed by atoms with Crippen LogP contribution in [0.25, 0.3) is 0 Å². The summed E-state index contributed by atoms with van der Waals surface area (Å²) in [7, 11) is 0. The van der Waals surface area contributed by atoms with E-state index in [2.05, 4.69) is 24.9 Å². The number of hydrogen-bond donors (Lipinski definition) is 2. The van der Waals surface area contributed by atoms with Gasteiger partial charge >= 0.3 is 0 Å². The summed E-state index contributed by atoms with van der Waals surface area (Å²) in [6, 6.07) is 0. The molecule has 3 N–H and O–H groups in total. The Morgan fingerprint density at radius 3 is 3.07 bits per heavy atom. The molecule has 0 saturated carbocycles. The van der Waals surface area contributed by atoms with E-state index >= 15 is 0 Å². The lowest BCUT2D eigenvalue weighted by Crippen LogP contribution is -2.24. The topological polar surface area (TPSA) is 114 Å². The first-order chi connectivity index (χ1) is 7.25. The fraction of sp³-hybridized carbons (Fsp3) is 0.143. The number of nitrogens with one attached hydrogen (secondary N) is 1. The molecule has 0 bridgehead atoms. The van der Waals surface area contributed by atoms with Gasteiger partial charge in [0.15, 0.2) is 5.69 Å². The zero-order valence-corrected chi connectivity index (χ0v) is 7.47. The second-order valence-electron chi connectivity index (χ2n) is 3.11. The highest BCUT2D eigenvalue weighted by Crippen LogP contribution is 2.23. The third-order valence-corrected chi connectivity index (χ3v) is 2.15. The second-order valence-corrected chi connectivity index (χ2v) is 3.11. The number of nitrogen functional groups attached to an aromatic ring is 1. The number of nitrogens with two attached hydrogens (primary N) is 1. The van der Waals surface area contributed by atoms with Gasteiger partial charge in [-0.1, -0.05) is 5.16 Å². The van der Waals surface area contributed by atoms with Crippen LogP contribution in [0.3, 0.4) is 0 Å². The first-order valence-corrected chi connectivity index (χ1v) is 4.19. The quantitative estimate of drug-likeness (QED) is 0.652. The number of rotatable bonds is 1. The minimum absolute atomic E-state index is 0.227. The number of carbonyl (C=O) groups is 1. The van der Waals surface area contributed by atoms with E-state index in [-0.39, 0.29) is 11.6 Å². The van der Waals surface area contributed by atoms with Gasteiger partial charge in [-0.2, -0.15) is 0 Å². The number of anilines is 2. The maximum atomic E-state index is 11.7. The highest BCUT2D eigenvalue weighted by atomic mass is 16.6. The molecule has 0 radical (unpaired) electrons. The SMILES string of the molecule is Nc1cnc(N2Cc3nonc3C2=O)[nH]1. The van der Waals surface area contributed by atoms with Crippen LogP contribution in [0.2, 0.25) is 0 Å². The summed E-state index contributed by atoms with van der Waals surface area (Å²) in [5.41, 5.74) is 6.20. The maximum absolute atomic E-state index is 11.7. The maximum Gasteiger partial charge on any atom is 0.285 e. The van der Waals surface area contributed by atoms with E-state index in [0.717, 1.165) is 0 Å². The van der Waals surface area contributed by atoms with Gasteiger partial charge in [0.25, 0.3) is 5.91 Å². The van der Waals surface area contributed by atoms with Crippen molar-refractivity contribution in [1.29, 1.82) is 0 Å². The molecule has 2 aromatic heterocycles. The van der Waals surface area contributed by atoms with Crippen LogP contribution in [0.5, 0.6) is 0 Å². The van der Waals surface area contributed by atoms with Crippen LogP contribution in [-0.4, -0.2) is 26.2 Å². The van der Waals surface area contributed by atoms with Gasteiger partial charge in [-0.15, -0.1) is 0 Å². The van der Waals surface area contributed by atoms with Crippen LogP contribution in [0.1, 0.15) is 16.2 Å². The molecule has 1 aliphatic heterocycles. The fourth-order valence-electron chi connectivity index (χ4n) is 1.45. The highest BCUT2D eigenvalue weighted by molar-refractivity contribution is 6.07. The summed E-state index contributed by atoms with van der Waals surface area (Å²) in [5, 5.41) is 7.12. The van der Waals surface area contributed by atoms with E-state index in [1.807, 2.05) is 0 Å². The molecule has 8 nitrogen and oxygen atoms in total. The Kier molecular flexibility index (Phi) is 1.36. The van der Waals surface area contributed by atoms with Crippen molar-refractivity contribution in [2.75, 3.05) is 10.6 Å². The molecule has 8 heteroatoms. The average molecular weight is 206 g/mol. The summed E-state index contributed by atoms with van der Waals surface area (Å²) < 4.78 is 4.44. The van der Waals surface area contributed by atoms with Gasteiger partial charge in [0.2, 0.25) is 5.95 Å². The van der Waals surface area contributed by atoms with E-state index < -0.39 is 0 Å². The molecule has 2 aromatic rings. The van der Waals surface area contributed by atoms with Crippen LogP contribution in [0.15, 0.2) is 10.8 Å². The zero-order valence-electron chi connectivity index (χ0n) is 7.47. The molecule has 0 spiro atoms. The van der Waals surface area contributed by atoms with Crippen molar-refractivity contribution in [3.63, 3.8) is 0 Å². The molecule has 0 fully saturated rings. The van der Waals surface area contributed by atoms with Crippen molar-refractivity contribution >= 4 is 17.7 Å². The Morgan fingerprint density at radius 1 is 1.53 bits per heavy atom. The first-order valence-electron chi connectivity index (χ1n) is 4.19. The molecule has 0 saturated heterocycles. The molecular formula is C7H6N6O2.